The van der Waals surface area contributed by atoms with Crippen molar-refractivity contribution in [3.05, 3.63) is 53.6 Å². The van der Waals surface area contributed by atoms with Crippen molar-refractivity contribution >= 4 is 17.5 Å². The first kappa shape index (κ1) is 19.9. The number of hydrogen-bond donors (Lipinski definition) is 2. The van der Waals surface area contributed by atoms with Crippen LogP contribution in [0, 0.1) is 0 Å². The zero-order valence-electron chi connectivity index (χ0n) is 17.4. The molecule has 1 atom stereocenters. The van der Waals surface area contributed by atoms with Gasteiger partial charge in [0.25, 0.3) is 5.91 Å². The number of ether oxygens (including phenoxy) is 2. The molecule has 7 nitrogen and oxygen atoms in total. The minimum atomic E-state index is -0.131. The van der Waals surface area contributed by atoms with Crippen LogP contribution in [-0.2, 0) is 4.79 Å². The predicted octanol–water partition coefficient (Wildman–Crippen LogP) is 3.13. The van der Waals surface area contributed by atoms with Gasteiger partial charge in [-0.25, -0.2) is 0 Å². The van der Waals surface area contributed by atoms with E-state index in [0.717, 1.165) is 49.3 Å². The number of amides is 2. The highest BCUT2D eigenvalue weighted by Crippen LogP contribution is 2.38. The largest absolute Gasteiger partial charge is 0.486 e. The Labute approximate surface area is 181 Å². The van der Waals surface area contributed by atoms with Gasteiger partial charge in [-0.2, -0.15) is 0 Å². The summed E-state index contributed by atoms with van der Waals surface area (Å²) in [5.74, 6) is 1.30. The molecule has 0 spiro atoms. The first-order valence-electron chi connectivity index (χ1n) is 11.0. The fraction of sp³-hybridized carbons (Fsp3) is 0.417. The molecule has 2 heterocycles. The maximum Gasteiger partial charge on any atom is 0.253 e. The predicted molar refractivity (Wildman–Crippen MR) is 117 cm³/mol. The van der Waals surface area contributed by atoms with Crippen molar-refractivity contribution in [2.45, 2.75) is 37.8 Å². The minimum Gasteiger partial charge on any atom is -0.486 e. The zero-order valence-corrected chi connectivity index (χ0v) is 17.4. The lowest BCUT2D eigenvalue weighted by atomic mass is 10.0. The third-order valence-corrected chi connectivity index (χ3v) is 6.02. The van der Waals surface area contributed by atoms with Gasteiger partial charge in [0.1, 0.15) is 13.2 Å². The standard InChI is InChI=1S/C24H27N3O4/c28-23(26-19-5-2-1-4-18(19)24(29)25-17-8-9-17)15-27-11-3-6-20(27)16-7-10-21-22(14-16)31-13-12-30-21/h1-2,4-5,7,10,14,17,20H,3,6,8-9,11-13,15H2,(H,25,29)(H,26,28). The van der Waals surface area contributed by atoms with Crippen molar-refractivity contribution in [2.24, 2.45) is 0 Å². The molecule has 0 bridgehead atoms. The SMILES string of the molecule is O=C(CN1CCCC1c1ccc2c(c1)OCCO2)Nc1ccccc1C(=O)NC1CC1. The molecule has 2 aromatic carbocycles. The van der Waals surface area contributed by atoms with Crippen molar-refractivity contribution in [3.63, 3.8) is 0 Å². The second-order valence-electron chi connectivity index (χ2n) is 8.37. The Kier molecular flexibility index (Phi) is 5.51. The maximum atomic E-state index is 12.9. The number of fused-ring (bicyclic) bond motifs is 1. The average molecular weight is 421 g/mol. The van der Waals surface area contributed by atoms with Crippen LogP contribution in [0.25, 0.3) is 0 Å². The van der Waals surface area contributed by atoms with E-state index in [1.54, 1.807) is 12.1 Å². The fourth-order valence-corrected chi connectivity index (χ4v) is 4.32. The summed E-state index contributed by atoms with van der Waals surface area (Å²) in [6.07, 6.45) is 4.08. The Bertz CT molecular complexity index is 989. The summed E-state index contributed by atoms with van der Waals surface area (Å²) < 4.78 is 11.3. The van der Waals surface area contributed by atoms with Crippen molar-refractivity contribution in [1.29, 1.82) is 0 Å². The van der Waals surface area contributed by atoms with Gasteiger partial charge in [0.2, 0.25) is 5.91 Å². The first-order chi connectivity index (χ1) is 15.2. The molecule has 2 N–H and O–H groups in total. The second kappa shape index (κ2) is 8.59. The van der Waals surface area contributed by atoms with Gasteiger partial charge in [-0.15, -0.1) is 0 Å². The number of likely N-dealkylation sites (tertiary alicyclic amines) is 1. The molecule has 3 aliphatic rings. The lowest BCUT2D eigenvalue weighted by Gasteiger charge is -2.26. The van der Waals surface area contributed by atoms with Crippen LogP contribution in [0.5, 0.6) is 11.5 Å². The molecule has 0 radical (unpaired) electrons. The van der Waals surface area contributed by atoms with Gasteiger partial charge in [-0.1, -0.05) is 18.2 Å². The lowest BCUT2D eigenvalue weighted by molar-refractivity contribution is -0.117. The molecule has 2 aromatic rings. The second-order valence-corrected chi connectivity index (χ2v) is 8.37. The first-order valence-corrected chi connectivity index (χ1v) is 11.0. The Morgan fingerprint density at radius 3 is 2.65 bits per heavy atom. The van der Waals surface area contributed by atoms with E-state index in [2.05, 4.69) is 21.6 Å². The topological polar surface area (TPSA) is 79.9 Å². The van der Waals surface area contributed by atoms with Gasteiger partial charge >= 0.3 is 0 Å². The highest BCUT2D eigenvalue weighted by molar-refractivity contribution is 6.04. The fourth-order valence-electron chi connectivity index (χ4n) is 4.32. The molecular weight excluding hydrogens is 394 g/mol. The maximum absolute atomic E-state index is 12.9. The van der Waals surface area contributed by atoms with Gasteiger partial charge in [0.05, 0.1) is 17.8 Å². The van der Waals surface area contributed by atoms with E-state index in [1.165, 1.54) is 0 Å². The molecule has 7 heteroatoms. The van der Waals surface area contributed by atoms with Gasteiger partial charge in [0.15, 0.2) is 11.5 Å². The molecule has 1 saturated heterocycles. The number of nitrogens with zero attached hydrogens (tertiary/aromatic N) is 1. The summed E-state index contributed by atoms with van der Waals surface area (Å²) in [6.45, 7) is 2.26. The molecule has 5 rings (SSSR count). The third kappa shape index (κ3) is 4.51. The van der Waals surface area contributed by atoms with Crippen LogP contribution in [0.3, 0.4) is 0 Å². The highest BCUT2D eigenvalue weighted by atomic mass is 16.6. The molecule has 1 unspecified atom stereocenters. The Balaban J connectivity index is 1.26. The average Bonchev–Trinajstić information content (AvgIpc) is 3.48. The van der Waals surface area contributed by atoms with Gasteiger partial charge < -0.3 is 20.1 Å². The number of rotatable bonds is 6. The number of benzene rings is 2. The molecular formula is C24H27N3O4. The molecule has 1 saturated carbocycles. The van der Waals surface area contributed by atoms with Crippen molar-refractivity contribution < 1.29 is 19.1 Å². The Morgan fingerprint density at radius 1 is 1.00 bits per heavy atom. The molecule has 0 aromatic heterocycles. The smallest absolute Gasteiger partial charge is 0.253 e. The number of hydrogen-bond acceptors (Lipinski definition) is 5. The van der Waals surface area contributed by atoms with Crippen LogP contribution in [-0.4, -0.2) is 49.1 Å². The number of carbonyl (C=O) groups is 2. The normalized spacial score (nSPS) is 20.3. The number of nitrogens with one attached hydrogen (secondary N) is 2. The molecule has 2 aliphatic heterocycles. The summed E-state index contributed by atoms with van der Waals surface area (Å²) in [5, 5.41) is 5.94. The van der Waals surface area contributed by atoms with Gasteiger partial charge in [0, 0.05) is 12.1 Å². The van der Waals surface area contributed by atoms with E-state index in [1.807, 2.05) is 24.3 Å². The molecule has 1 aliphatic carbocycles. The third-order valence-electron chi connectivity index (χ3n) is 6.02. The summed E-state index contributed by atoms with van der Waals surface area (Å²) in [6, 6.07) is 13.7. The van der Waals surface area contributed by atoms with Crippen LogP contribution in [0.1, 0.15) is 47.6 Å². The number of para-hydroxylation sites is 1. The summed E-state index contributed by atoms with van der Waals surface area (Å²) in [4.78, 5) is 27.5. The van der Waals surface area contributed by atoms with E-state index < -0.39 is 0 Å². The van der Waals surface area contributed by atoms with Crippen LogP contribution in [0.15, 0.2) is 42.5 Å². The van der Waals surface area contributed by atoms with Gasteiger partial charge in [-0.3, -0.25) is 14.5 Å². The van der Waals surface area contributed by atoms with E-state index in [9.17, 15) is 9.59 Å². The monoisotopic (exact) mass is 421 g/mol. The van der Waals surface area contributed by atoms with E-state index in [-0.39, 0.29) is 30.4 Å². The van der Waals surface area contributed by atoms with Crippen molar-refractivity contribution in [3.8, 4) is 11.5 Å². The molecule has 162 valence electrons. The molecule has 31 heavy (non-hydrogen) atoms. The highest BCUT2D eigenvalue weighted by Gasteiger charge is 2.29. The van der Waals surface area contributed by atoms with E-state index >= 15 is 0 Å². The lowest BCUT2D eigenvalue weighted by Crippen LogP contribution is -2.34. The molecule has 2 amide bonds. The van der Waals surface area contributed by atoms with Gasteiger partial charge in [-0.05, 0) is 62.1 Å². The number of anilines is 1. The number of carbonyl (C=O) groups excluding carboxylic acids is 2. The van der Waals surface area contributed by atoms with Crippen LogP contribution in [0.2, 0.25) is 0 Å². The van der Waals surface area contributed by atoms with E-state index in [4.69, 9.17) is 9.47 Å². The van der Waals surface area contributed by atoms with E-state index in [0.29, 0.717) is 24.5 Å². The summed E-state index contributed by atoms with van der Waals surface area (Å²) in [7, 11) is 0. The Morgan fingerprint density at radius 2 is 1.81 bits per heavy atom. The van der Waals surface area contributed by atoms with Crippen molar-refractivity contribution in [2.75, 3.05) is 31.6 Å². The zero-order chi connectivity index (χ0) is 21.2. The quantitative estimate of drug-likeness (QED) is 0.749. The van der Waals surface area contributed by atoms with Crippen LogP contribution in [0.4, 0.5) is 5.69 Å². The Hall–Kier alpha value is -3.06. The summed E-state index contributed by atoms with van der Waals surface area (Å²) in [5.41, 5.74) is 2.20. The van der Waals surface area contributed by atoms with Crippen molar-refractivity contribution in [1.82, 2.24) is 10.2 Å². The molecule has 2 fully saturated rings. The minimum absolute atomic E-state index is 0.115. The summed E-state index contributed by atoms with van der Waals surface area (Å²) >= 11 is 0. The van der Waals surface area contributed by atoms with Crippen LogP contribution >= 0.6 is 0 Å². The van der Waals surface area contributed by atoms with Crippen LogP contribution < -0.4 is 20.1 Å².